The zero-order valence-electron chi connectivity index (χ0n) is 16.3. The Balaban J connectivity index is 1.74. The zero-order valence-corrected chi connectivity index (χ0v) is 16.3. The van der Waals surface area contributed by atoms with Crippen LogP contribution < -0.4 is 24.8 Å². The largest absolute Gasteiger partial charge is 0.497 e. The number of nitrogens with one attached hydrogen (secondary N) is 2. The molecule has 2 N–H and O–H groups in total. The Morgan fingerprint density at radius 2 is 1.64 bits per heavy atom. The number of hydrogen-bond acceptors (Lipinski definition) is 8. The first kappa shape index (κ1) is 19.2. The van der Waals surface area contributed by atoms with Crippen molar-refractivity contribution < 1.29 is 14.2 Å². The predicted molar refractivity (Wildman–Crippen MR) is 108 cm³/mol. The SMILES string of the molecule is COc1ccc(OC)c(Nc2nncc(Nc3ccc(OC(C)C)cc3)n2)c1. The molecule has 0 atom stereocenters. The molecule has 1 heterocycles. The van der Waals surface area contributed by atoms with Gasteiger partial charge in [0.05, 0.1) is 32.2 Å². The van der Waals surface area contributed by atoms with Crippen LogP contribution in [-0.2, 0) is 0 Å². The molecule has 1 aromatic heterocycles. The van der Waals surface area contributed by atoms with Crippen molar-refractivity contribution in [1.29, 1.82) is 0 Å². The van der Waals surface area contributed by atoms with Crippen LogP contribution in [0.25, 0.3) is 0 Å². The fourth-order valence-corrected chi connectivity index (χ4v) is 2.49. The highest BCUT2D eigenvalue weighted by molar-refractivity contribution is 5.66. The van der Waals surface area contributed by atoms with Crippen molar-refractivity contribution in [2.45, 2.75) is 20.0 Å². The van der Waals surface area contributed by atoms with Crippen molar-refractivity contribution in [2.24, 2.45) is 0 Å². The number of aromatic nitrogens is 3. The molecule has 3 aromatic rings. The zero-order chi connectivity index (χ0) is 19.9. The maximum atomic E-state index is 5.65. The fourth-order valence-electron chi connectivity index (χ4n) is 2.49. The van der Waals surface area contributed by atoms with E-state index >= 15 is 0 Å². The second kappa shape index (κ2) is 8.90. The summed E-state index contributed by atoms with van der Waals surface area (Å²) in [7, 11) is 3.20. The fraction of sp³-hybridized carbons (Fsp3) is 0.250. The van der Waals surface area contributed by atoms with Crippen molar-refractivity contribution in [3.05, 3.63) is 48.7 Å². The number of nitrogens with zero attached hydrogens (tertiary/aromatic N) is 3. The Kier molecular flexibility index (Phi) is 6.11. The van der Waals surface area contributed by atoms with Crippen LogP contribution in [0.1, 0.15) is 13.8 Å². The lowest BCUT2D eigenvalue weighted by atomic mass is 10.2. The molecule has 0 saturated heterocycles. The summed E-state index contributed by atoms with van der Waals surface area (Å²) < 4.78 is 16.3. The van der Waals surface area contributed by atoms with Gasteiger partial charge < -0.3 is 24.8 Å². The highest BCUT2D eigenvalue weighted by Gasteiger charge is 2.08. The van der Waals surface area contributed by atoms with Crippen molar-refractivity contribution in [1.82, 2.24) is 15.2 Å². The van der Waals surface area contributed by atoms with E-state index in [2.05, 4.69) is 25.8 Å². The number of benzene rings is 2. The van der Waals surface area contributed by atoms with Crippen LogP contribution in [0.4, 0.5) is 23.1 Å². The topological polar surface area (TPSA) is 90.4 Å². The first-order valence-electron chi connectivity index (χ1n) is 8.80. The summed E-state index contributed by atoms with van der Waals surface area (Å²) >= 11 is 0. The number of methoxy groups -OCH3 is 2. The summed E-state index contributed by atoms with van der Waals surface area (Å²) in [6.07, 6.45) is 1.68. The van der Waals surface area contributed by atoms with Gasteiger partial charge in [-0.05, 0) is 50.2 Å². The lowest BCUT2D eigenvalue weighted by Gasteiger charge is -2.12. The van der Waals surface area contributed by atoms with Gasteiger partial charge in [0.15, 0.2) is 5.82 Å². The number of ether oxygens (including phenoxy) is 3. The molecule has 146 valence electrons. The third-order valence-corrected chi connectivity index (χ3v) is 3.71. The average molecular weight is 381 g/mol. The van der Waals surface area contributed by atoms with E-state index < -0.39 is 0 Å². The van der Waals surface area contributed by atoms with Crippen LogP contribution in [0, 0.1) is 0 Å². The van der Waals surface area contributed by atoms with E-state index in [9.17, 15) is 0 Å². The molecule has 8 heteroatoms. The van der Waals surface area contributed by atoms with Crippen molar-refractivity contribution in [3.63, 3.8) is 0 Å². The number of hydrogen-bond donors (Lipinski definition) is 2. The summed E-state index contributed by atoms with van der Waals surface area (Å²) in [4.78, 5) is 4.44. The molecule has 0 aliphatic carbocycles. The van der Waals surface area contributed by atoms with E-state index in [1.807, 2.05) is 44.2 Å². The molecule has 2 aromatic carbocycles. The molecule has 28 heavy (non-hydrogen) atoms. The smallest absolute Gasteiger partial charge is 0.249 e. The maximum absolute atomic E-state index is 5.65. The van der Waals surface area contributed by atoms with Crippen LogP contribution >= 0.6 is 0 Å². The van der Waals surface area contributed by atoms with Gasteiger partial charge in [0.1, 0.15) is 17.2 Å². The van der Waals surface area contributed by atoms with Crippen LogP contribution in [-0.4, -0.2) is 35.5 Å². The van der Waals surface area contributed by atoms with E-state index in [1.165, 1.54) is 0 Å². The predicted octanol–water partition coefficient (Wildman–Crippen LogP) is 4.16. The van der Waals surface area contributed by atoms with Crippen molar-refractivity contribution in [2.75, 3.05) is 24.9 Å². The minimum absolute atomic E-state index is 0.132. The average Bonchev–Trinajstić information content (AvgIpc) is 2.69. The lowest BCUT2D eigenvalue weighted by molar-refractivity contribution is 0.242. The van der Waals surface area contributed by atoms with Gasteiger partial charge >= 0.3 is 0 Å². The van der Waals surface area contributed by atoms with E-state index in [-0.39, 0.29) is 6.10 Å². The van der Waals surface area contributed by atoms with Gasteiger partial charge in [-0.15, -0.1) is 5.10 Å². The monoisotopic (exact) mass is 381 g/mol. The second-order valence-electron chi connectivity index (χ2n) is 6.17. The van der Waals surface area contributed by atoms with E-state index in [4.69, 9.17) is 14.2 Å². The van der Waals surface area contributed by atoms with Crippen LogP contribution in [0.2, 0.25) is 0 Å². The highest BCUT2D eigenvalue weighted by Crippen LogP contribution is 2.30. The Morgan fingerprint density at radius 1 is 0.893 bits per heavy atom. The van der Waals surface area contributed by atoms with E-state index in [0.29, 0.717) is 29.0 Å². The third kappa shape index (κ3) is 5.00. The molecule has 0 aliphatic rings. The molecular formula is C20H23N5O3. The Bertz CT molecular complexity index is 916. The highest BCUT2D eigenvalue weighted by atomic mass is 16.5. The summed E-state index contributed by atoms with van der Waals surface area (Å²) in [6, 6.07) is 13.0. The van der Waals surface area contributed by atoms with Gasteiger partial charge in [-0.3, -0.25) is 0 Å². The van der Waals surface area contributed by atoms with Crippen LogP contribution in [0.5, 0.6) is 17.2 Å². The van der Waals surface area contributed by atoms with Crippen molar-refractivity contribution in [3.8, 4) is 17.2 Å². The van der Waals surface area contributed by atoms with Crippen LogP contribution in [0.15, 0.2) is 48.7 Å². The van der Waals surface area contributed by atoms with Gasteiger partial charge in [0, 0.05) is 11.8 Å². The molecule has 0 saturated carbocycles. The standard InChI is InChI=1S/C20H23N5O3/c1-13(2)28-15-7-5-14(6-8-15)22-19-12-21-25-20(24-19)23-17-11-16(26-3)9-10-18(17)27-4/h5-13H,1-4H3,(H2,22,23,24,25). The minimum atomic E-state index is 0.132. The summed E-state index contributed by atoms with van der Waals surface area (Å²) in [6.45, 7) is 3.98. The molecule has 0 amide bonds. The lowest BCUT2D eigenvalue weighted by Crippen LogP contribution is -2.05. The maximum Gasteiger partial charge on any atom is 0.249 e. The number of anilines is 4. The Labute approximate surface area is 163 Å². The molecule has 0 fully saturated rings. The summed E-state index contributed by atoms with van der Waals surface area (Å²) in [5.74, 6) is 3.03. The quantitative estimate of drug-likeness (QED) is 0.601. The molecular weight excluding hydrogens is 358 g/mol. The normalized spacial score (nSPS) is 10.5. The summed E-state index contributed by atoms with van der Waals surface area (Å²) in [5, 5.41) is 14.3. The molecule has 3 rings (SSSR count). The van der Waals surface area contributed by atoms with Crippen LogP contribution in [0.3, 0.4) is 0 Å². The molecule has 0 radical (unpaired) electrons. The molecule has 0 unspecified atom stereocenters. The van der Waals surface area contributed by atoms with E-state index in [0.717, 1.165) is 11.4 Å². The van der Waals surface area contributed by atoms with Gasteiger partial charge in [0.25, 0.3) is 0 Å². The number of rotatable bonds is 8. The van der Waals surface area contributed by atoms with Crippen molar-refractivity contribution >= 4 is 23.1 Å². The van der Waals surface area contributed by atoms with Gasteiger partial charge in [0.2, 0.25) is 5.95 Å². The second-order valence-corrected chi connectivity index (χ2v) is 6.17. The van der Waals surface area contributed by atoms with E-state index in [1.54, 1.807) is 32.5 Å². The first-order chi connectivity index (χ1) is 13.6. The Morgan fingerprint density at radius 3 is 2.32 bits per heavy atom. The molecule has 8 nitrogen and oxygen atoms in total. The molecule has 0 spiro atoms. The first-order valence-corrected chi connectivity index (χ1v) is 8.80. The summed E-state index contributed by atoms with van der Waals surface area (Å²) in [5.41, 5.74) is 1.54. The van der Waals surface area contributed by atoms with Gasteiger partial charge in [-0.2, -0.15) is 10.1 Å². The Hall–Kier alpha value is -3.55. The van der Waals surface area contributed by atoms with Gasteiger partial charge in [-0.1, -0.05) is 0 Å². The molecule has 0 aliphatic heterocycles. The minimum Gasteiger partial charge on any atom is -0.497 e. The molecule has 0 bridgehead atoms. The third-order valence-electron chi connectivity index (χ3n) is 3.71. The van der Waals surface area contributed by atoms with Gasteiger partial charge in [-0.25, -0.2) is 0 Å².